The molecule has 0 fully saturated rings. The number of nitrogens with one attached hydrogen (secondary N) is 2. The number of para-hydroxylation sites is 1. The number of amidine groups is 1. The van der Waals surface area contributed by atoms with Gasteiger partial charge in [-0.25, -0.2) is 4.98 Å². The third-order valence-electron chi connectivity index (χ3n) is 5.46. The Hall–Kier alpha value is -3.72. The molecule has 1 aliphatic heterocycles. The van der Waals surface area contributed by atoms with E-state index >= 15 is 0 Å². The molecule has 4 aromatic rings. The van der Waals surface area contributed by atoms with E-state index in [2.05, 4.69) is 10.3 Å². The molecule has 156 valence electrons. The van der Waals surface area contributed by atoms with Crippen LogP contribution in [0.1, 0.15) is 33.8 Å². The molecule has 1 unspecified atom stereocenters. The second kappa shape index (κ2) is 7.51. The average Bonchev–Trinajstić information content (AvgIpc) is 3.35. The summed E-state index contributed by atoms with van der Waals surface area (Å²) in [6.07, 6.45) is 1.98. The number of carbonyl (C=O) groups is 1. The highest BCUT2D eigenvalue weighted by atomic mass is 32.1. The Labute approximate surface area is 180 Å². The minimum atomic E-state index is -0.446. The van der Waals surface area contributed by atoms with E-state index in [0.717, 1.165) is 21.5 Å². The van der Waals surface area contributed by atoms with E-state index in [9.17, 15) is 9.59 Å². The van der Waals surface area contributed by atoms with E-state index in [1.54, 1.807) is 6.07 Å². The number of ether oxygens (including phenoxy) is 1. The zero-order chi connectivity index (χ0) is 21.5. The molecule has 3 heterocycles. The third-order valence-corrected chi connectivity index (χ3v) is 6.50. The van der Waals surface area contributed by atoms with Gasteiger partial charge in [-0.3, -0.25) is 19.4 Å². The van der Waals surface area contributed by atoms with Gasteiger partial charge in [0, 0.05) is 29.8 Å². The number of nitrogens with zero attached hydrogens (tertiary/aromatic N) is 2. The van der Waals surface area contributed by atoms with Crippen molar-refractivity contribution in [1.82, 2.24) is 14.7 Å². The van der Waals surface area contributed by atoms with Crippen molar-refractivity contribution in [2.24, 2.45) is 5.73 Å². The van der Waals surface area contributed by atoms with Gasteiger partial charge in [0.1, 0.15) is 17.1 Å². The highest BCUT2D eigenvalue weighted by molar-refractivity contribution is 7.23. The van der Waals surface area contributed by atoms with Crippen LogP contribution < -0.4 is 21.3 Å². The molecular weight excluding hydrogens is 414 g/mol. The molecule has 0 saturated heterocycles. The summed E-state index contributed by atoms with van der Waals surface area (Å²) in [5.41, 5.74) is 7.60. The summed E-state index contributed by atoms with van der Waals surface area (Å²) in [4.78, 5) is 30.5. The number of hydrogen-bond acceptors (Lipinski definition) is 6. The van der Waals surface area contributed by atoms with E-state index < -0.39 is 5.91 Å². The van der Waals surface area contributed by atoms with E-state index in [1.807, 2.05) is 36.4 Å². The Bertz CT molecular complexity index is 1410. The van der Waals surface area contributed by atoms with Crippen molar-refractivity contribution in [2.45, 2.75) is 12.3 Å². The topological polar surface area (TPSA) is 123 Å². The fourth-order valence-corrected chi connectivity index (χ4v) is 4.83. The van der Waals surface area contributed by atoms with Crippen LogP contribution in [-0.2, 0) is 0 Å². The molecule has 0 aliphatic carbocycles. The summed E-state index contributed by atoms with van der Waals surface area (Å²) in [5.74, 6) is 0.417. The molecule has 0 saturated carbocycles. The largest absolute Gasteiger partial charge is 0.493 e. The molecule has 1 amide bonds. The number of fused-ring (bicyclic) bond motifs is 4. The van der Waals surface area contributed by atoms with Gasteiger partial charge in [0.2, 0.25) is 0 Å². The maximum atomic E-state index is 12.9. The van der Waals surface area contributed by atoms with Crippen LogP contribution in [0.4, 0.5) is 0 Å². The van der Waals surface area contributed by atoms with Crippen molar-refractivity contribution >= 4 is 38.3 Å². The minimum absolute atomic E-state index is 0.00562. The van der Waals surface area contributed by atoms with Crippen LogP contribution in [0.25, 0.3) is 15.2 Å². The monoisotopic (exact) mass is 433 g/mol. The molecule has 0 bridgehead atoms. The lowest BCUT2D eigenvalue weighted by atomic mass is 9.96. The van der Waals surface area contributed by atoms with Gasteiger partial charge in [-0.15, -0.1) is 0 Å². The summed E-state index contributed by atoms with van der Waals surface area (Å²) in [6, 6.07) is 13.0. The van der Waals surface area contributed by atoms with Crippen molar-refractivity contribution in [3.63, 3.8) is 0 Å². The number of benzene rings is 2. The average molecular weight is 433 g/mol. The third kappa shape index (κ3) is 3.32. The van der Waals surface area contributed by atoms with E-state index in [1.165, 1.54) is 21.9 Å². The van der Waals surface area contributed by atoms with E-state index in [0.29, 0.717) is 30.1 Å². The zero-order valence-electron chi connectivity index (χ0n) is 16.4. The van der Waals surface area contributed by atoms with Gasteiger partial charge in [-0.1, -0.05) is 23.5 Å². The normalized spacial score (nSPS) is 15.0. The second-order valence-electron chi connectivity index (χ2n) is 7.38. The number of carbonyl (C=O) groups excluding carboxylic acids is 1. The summed E-state index contributed by atoms with van der Waals surface area (Å²) in [5, 5.41) is 10.4. The zero-order valence-corrected chi connectivity index (χ0v) is 17.2. The highest BCUT2D eigenvalue weighted by Gasteiger charge is 2.25. The van der Waals surface area contributed by atoms with Crippen molar-refractivity contribution in [3.05, 3.63) is 75.7 Å². The molecule has 2 aromatic carbocycles. The lowest BCUT2D eigenvalue weighted by molar-refractivity contribution is 0.0950. The van der Waals surface area contributed by atoms with Crippen LogP contribution in [0.5, 0.6) is 5.75 Å². The number of rotatable bonds is 5. The minimum Gasteiger partial charge on any atom is -0.493 e. The molecule has 31 heavy (non-hydrogen) atoms. The predicted octanol–water partition coefficient (Wildman–Crippen LogP) is 2.49. The van der Waals surface area contributed by atoms with E-state index in [4.69, 9.17) is 15.9 Å². The molecule has 1 aliphatic rings. The number of thiazole rings is 1. The highest BCUT2D eigenvalue weighted by Crippen LogP contribution is 2.36. The Morgan fingerprint density at radius 2 is 2.16 bits per heavy atom. The van der Waals surface area contributed by atoms with Gasteiger partial charge >= 0.3 is 0 Å². The van der Waals surface area contributed by atoms with Crippen LogP contribution in [0, 0.1) is 5.41 Å². The molecule has 4 N–H and O–H groups in total. The van der Waals surface area contributed by atoms with Crippen molar-refractivity contribution in [2.75, 3.05) is 13.2 Å². The molecular formula is C22H19N5O3S. The van der Waals surface area contributed by atoms with Gasteiger partial charge in [-0.05, 0) is 36.8 Å². The van der Waals surface area contributed by atoms with Crippen LogP contribution in [0.2, 0.25) is 0 Å². The van der Waals surface area contributed by atoms with Crippen LogP contribution in [-0.4, -0.2) is 34.3 Å². The second-order valence-corrected chi connectivity index (χ2v) is 8.39. The Balaban J connectivity index is 1.32. The van der Waals surface area contributed by atoms with Gasteiger partial charge in [0.15, 0.2) is 4.96 Å². The number of nitrogen functional groups attached to an aromatic ring is 1. The summed E-state index contributed by atoms with van der Waals surface area (Å²) < 4.78 is 8.13. The van der Waals surface area contributed by atoms with Crippen molar-refractivity contribution < 1.29 is 9.53 Å². The first-order valence-corrected chi connectivity index (χ1v) is 10.6. The number of amides is 1. The standard InChI is InChI=1S/C22H19N5O3S/c23-19(24)12-5-6-17-14(9-12)13(11-30-17)7-8-25-20(28)15-10-26-22-27(21(15)29)16-3-1-2-4-18(16)31-22/h1-6,9-10,13H,7-8,11H2,(H3,23,24)(H,25,28). The van der Waals surface area contributed by atoms with Crippen LogP contribution in [0.15, 0.2) is 53.5 Å². The lowest BCUT2D eigenvalue weighted by Crippen LogP contribution is -2.32. The Kier molecular flexibility index (Phi) is 4.67. The van der Waals surface area contributed by atoms with Gasteiger partial charge < -0.3 is 15.8 Å². The Morgan fingerprint density at radius 1 is 1.32 bits per heavy atom. The van der Waals surface area contributed by atoms with Crippen LogP contribution >= 0.6 is 11.3 Å². The molecule has 2 aromatic heterocycles. The fraction of sp³-hybridized carbons (Fsp3) is 0.182. The van der Waals surface area contributed by atoms with Crippen LogP contribution in [0.3, 0.4) is 0 Å². The summed E-state index contributed by atoms with van der Waals surface area (Å²) in [6.45, 7) is 0.882. The molecule has 0 spiro atoms. The molecule has 5 rings (SSSR count). The molecule has 0 radical (unpaired) electrons. The first kappa shape index (κ1) is 19.3. The number of hydrogen-bond donors (Lipinski definition) is 3. The van der Waals surface area contributed by atoms with Crippen molar-refractivity contribution in [1.29, 1.82) is 5.41 Å². The van der Waals surface area contributed by atoms with Gasteiger partial charge in [0.05, 0.1) is 16.8 Å². The maximum Gasteiger partial charge on any atom is 0.271 e. The molecule has 9 heteroatoms. The quantitative estimate of drug-likeness (QED) is 0.330. The van der Waals surface area contributed by atoms with Gasteiger partial charge in [0.25, 0.3) is 11.5 Å². The lowest BCUT2D eigenvalue weighted by Gasteiger charge is -2.11. The number of nitrogens with two attached hydrogens (primary N) is 1. The SMILES string of the molecule is N=C(N)c1ccc2c(c1)C(CCNC(=O)c1cnc3sc4ccccc4n3c1=O)CO2. The Morgan fingerprint density at radius 3 is 3.00 bits per heavy atom. The van der Waals surface area contributed by atoms with Gasteiger partial charge in [-0.2, -0.15) is 0 Å². The predicted molar refractivity (Wildman–Crippen MR) is 119 cm³/mol. The smallest absolute Gasteiger partial charge is 0.271 e. The van der Waals surface area contributed by atoms with E-state index in [-0.39, 0.29) is 22.9 Å². The maximum absolute atomic E-state index is 12.9. The number of aromatic nitrogens is 2. The first-order chi connectivity index (χ1) is 15.0. The molecule has 8 nitrogen and oxygen atoms in total. The summed E-state index contributed by atoms with van der Waals surface area (Å²) in [7, 11) is 0. The fourth-order valence-electron chi connectivity index (χ4n) is 3.85. The summed E-state index contributed by atoms with van der Waals surface area (Å²) >= 11 is 1.41. The van der Waals surface area contributed by atoms with Crippen molar-refractivity contribution in [3.8, 4) is 5.75 Å². The molecule has 1 atom stereocenters. The first-order valence-electron chi connectivity index (χ1n) is 9.81.